The Morgan fingerprint density at radius 1 is 1.39 bits per heavy atom. The molecular weight excluding hydrogens is 232 g/mol. The van der Waals surface area contributed by atoms with Crippen LogP contribution >= 0.6 is 0 Å². The minimum Gasteiger partial charge on any atom is -0.481 e. The van der Waals surface area contributed by atoms with E-state index < -0.39 is 5.97 Å². The Morgan fingerprint density at radius 3 is 2.78 bits per heavy atom. The lowest BCUT2D eigenvalue weighted by molar-refractivity contribution is -0.137. The van der Waals surface area contributed by atoms with Crippen molar-refractivity contribution in [3.8, 4) is 5.69 Å². The van der Waals surface area contributed by atoms with Crippen molar-refractivity contribution >= 4 is 5.97 Å². The van der Waals surface area contributed by atoms with Gasteiger partial charge in [0, 0.05) is 12.5 Å². The lowest BCUT2D eigenvalue weighted by Gasteiger charge is -2.11. The first-order chi connectivity index (χ1) is 8.66. The SMILES string of the molecule is NC(CCC(=O)O)c1cccc(-n2nccn2)c1. The van der Waals surface area contributed by atoms with E-state index in [4.69, 9.17) is 10.8 Å². The van der Waals surface area contributed by atoms with Crippen LogP contribution in [-0.4, -0.2) is 26.1 Å². The molecule has 0 fully saturated rings. The number of nitrogens with two attached hydrogens (primary N) is 1. The Balaban J connectivity index is 2.14. The lowest BCUT2D eigenvalue weighted by Crippen LogP contribution is -2.13. The summed E-state index contributed by atoms with van der Waals surface area (Å²) in [7, 11) is 0. The molecule has 2 aromatic rings. The van der Waals surface area contributed by atoms with Crippen LogP contribution in [0.3, 0.4) is 0 Å². The van der Waals surface area contributed by atoms with Gasteiger partial charge >= 0.3 is 5.97 Å². The normalized spacial score (nSPS) is 12.3. The fourth-order valence-corrected chi connectivity index (χ4v) is 1.67. The molecule has 0 spiro atoms. The van der Waals surface area contributed by atoms with Gasteiger partial charge < -0.3 is 10.8 Å². The van der Waals surface area contributed by atoms with Crippen molar-refractivity contribution in [2.75, 3.05) is 0 Å². The Kier molecular flexibility index (Phi) is 3.69. The number of hydrogen-bond donors (Lipinski definition) is 2. The highest BCUT2D eigenvalue weighted by atomic mass is 16.4. The summed E-state index contributed by atoms with van der Waals surface area (Å²) >= 11 is 0. The molecule has 1 aromatic heterocycles. The number of carboxylic acids is 1. The highest BCUT2D eigenvalue weighted by Gasteiger charge is 2.09. The van der Waals surface area contributed by atoms with Crippen molar-refractivity contribution in [1.82, 2.24) is 15.0 Å². The zero-order valence-electron chi connectivity index (χ0n) is 9.73. The quantitative estimate of drug-likeness (QED) is 0.824. The number of benzene rings is 1. The lowest BCUT2D eigenvalue weighted by atomic mass is 10.0. The molecule has 0 radical (unpaired) electrons. The van der Waals surface area contributed by atoms with E-state index in [1.165, 1.54) is 4.80 Å². The number of aliphatic carboxylic acids is 1. The third kappa shape index (κ3) is 2.92. The van der Waals surface area contributed by atoms with E-state index >= 15 is 0 Å². The predicted octanol–water partition coefficient (Wildman–Crippen LogP) is 1.13. The summed E-state index contributed by atoms with van der Waals surface area (Å²) in [4.78, 5) is 12.0. The number of aromatic nitrogens is 3. The number of carboxylic acid groups (broad SMARTS) is 1. The Hall–Kier alpha value is -2.21. The first kappa shape index (κ1) is 12.3. The van der Waals surface area contributed by atoms with E-state index in [2.05, 4.69) is 10.2 Å². The van der Waals surface area contributed by atoms with Gasteiger partial charge in [-0.05, 0) is 24.1 Å². The molecule has 18 heavy (non-hydrogen) atoms. The highest BCUT2D eigenvalue weighted by Crippen LogP contribution is 2.18. The van der Waals surface area contributed by atoms with Crippen LogP contribution in [0.15, 0.2) is 36.7 Å². The van der Waals surface area contributed by atoms with Crippen LogP contribution in [0.4, 0.5) is 0 Å². The van der Waals surface area contributed by atoms with Crippen LogP contribution in [0.5, 0.6) is 0 Å². The molecule has 0 aliphatic rings. The smallest absolute Gasteiger partial charge is 0.303 e. The maximum Gasteiger partial charge on any atom is 0.303 e. The van der Waals surface area contributed by atoms with E-state index in [-0.39, 0.29) is 12.5 Å². The van der Waals surface area contributed by atoms with Gasteiger partial charge in [0.05, 0.1) is 18.1 Å². The van der Waals surface area contributed by atoms with Crippen LogP contribution in [0.1, 0.15) is 24.4 Å². The number of carbonyl (C=O) groups is 1. The second-order valence-corrected chi connectivity index (χ2v) is 3.95. The minimum atomic E-state index is -0.838. The molecule has 2 rings (SSSR count). The van der Waals surface area contributed by atoms with Gasteiger partial charge in [-0.15, -0.1) is 0 Å². The fourth-order valence-electron chi connectivity index (χ4n) is 1.67. The van der Waals surface area contributed by atoms with Crippen molar-refractivity contribution in [2.45, 2.75) is 18.9 Å². The monoisotopic (exact) mass is 246 g/mol. The van der Waals surface area contributed by atoms with E-state index in [1.54, 1.807) is 12.4 Å². The zero-order valence-corrected chi connectivity index (χ0v) is 9.73. The van der Waals surface area contributed by atoms with Crippen LogP contribution in [0.2, 0.25) is 0 Å². The molecule has 0 aliphatic heterocycles. The molecule has 3 N–H and O–H groups in total. The van der Waals surface area contributed by atoms with E-state index in [9.17, 15) is 4.79 Å². The van der Waals surface area contributed by atoms with Gasteiger partial charge in [-0.1, -0.05) is 12.1 Å². The molecule has 0 saturated heterocycles. The van der Waals surface area contributed by atoms with Crippen molar-refractivity contribution in [2.24, 2.45) is 5.73 Å². The maximum absolute atomic E-state index is 10.5. The third-order valence-electron chi connectivity index (χ3n) is 2.62. The zero-order chi connectivity index (χ0) is 13.0. The Labute approximate surface area is 104 Å². The number of rotatable bonds is 5. The molecule has 94 valence electrons. The van der Waals surface area contributed by atoms with Crippen LogP contribution in [0, 0.1) is 0 Å². The highest BCUT2D eigenvalue weighted by molar-refractivity contribution is 5.66. The Morgan fingerprint density at radius 2 is 2.11 bits per heavy atom. The molecule has 0 amide bonds. The molecule has 0 aliphatic carbocycles. The minimum absolute atomic E-state index is 0.0609. The molecule has 1 aromatic carbocycles. The van der Waals surface area contributed by atoms with E-state index in [0.717, 1.165) is 11.3 Å². The molecule has 0 saturated carbocycles. The Bertz CT molecular complexity index is 525. The summed E-state index contributed by atoms with van der Waals surface area (Å²) in [6.07, 6.45) is 3.66. The summed E-state index contributed by atoms with van der Waals surface area (Å²) in [5.74, 6) is -0.838. The van der Waals surface area contributed by atoms with Gasteiger partial charge in [-0.25, -0.2) is 0 Å². The van der Waals surface area contributed by atoms with Crippen LogP contribution in [0.25, 0.3) is 5.69 Å². The first-order valence-electron chi connectivity index (χ1n) is 5.61. The molecule has 0 bridgehead atoms. The summed E-state index contributed by atoms with van der Waals surface area (Å²) in [5.41, 5.74) is 7.64. The summed E-state index contributed by atoms with van der Waals surface area (Å²) < 4.78 is 0. The average molecular weight is 246 g/mol. The van der Waals surface area contributed by atoms with Gasteiger partial charge in [-0.3, -0.25) is 4.79 Å². The van der Waals surface area contributed by atoms with Crippen molar-refractivity contribution in [1.29, 1.82) is 0 Å². The summed E-state index contributed by atoms with van der Waals surface area (Å²) in [6, 6.07) is 7.17. The molecule has 6 heteroatoms. The van der Waals surface area contributed by atoms with Crippen LogP contribution in [-0.2, 0) is 4.79 Å². The van der Waals surface area contributed by atoms with Crippen molar-refractivity contribution < 1.29 is 9.90 Å². The largest absolute Gasteiger partial charge is 0.481 e. The molecule has 1 heterocycles. The van der Waals surface area contributed by atoms with E-state index in [0.29, 0.717) is 6.42 Å². The average Bonchev–Trinajstić information content (AvgIpc) is 2.90. The van der Waals surface area contributed by atoms with Crippen molar-refractivity contribution in [3.63, 3.8) is 0 Å². The topological polar surface area (TPSA) is 94.0 Å². The van der Waals surface area contributed by atoms with Gasteiger partial charge in [0.2, 0.25) is 0 Å². The maximum atomic E-state index is 10.5. The molecule has 1 unspecified atom stereocenters. The summed E-state index contributed by atoms with van der Waals surface area (Å²) in [5, 5.41) is 16.7. The second kappa shape index (κ2) is 5.42. The van der Waals surface area contributed by atoms with Crippen molar-refractivity contribution in [3.05, 3.63) is 42.2 Å². The first-order valence-corrected chi connectivity index (χ1v) is 5.61. The van der Waals surface area contributed by atoms with Gasteiger partial charge in [0.15, 0.2) is 0 Å². The van der Waals surface area contributed by atoms with E-state index in [1.807, 2.05) is 24.3 Å². The predicted molar refractivity (Wildman–Crippen MR) is 65.2 cm³/mol. The second-order valence-electron chi connectivity index (χ2n) is 3.95. The third-order valence-corrected chi connectivity index (χ3v) is 2.62. The van der Waals surface area contributed by atoms with Gasteiger partial charge in [0.25, 0.3) is 0 Å². The molecule has 1 atom stereocenters. The van der Waals surface area contributed by atoms with Gasteiger partial charge in [0.1, 0.15) is 0 Å². The fraction of sp³-hybridized carbons (Fsp3) is 0.250. The number of nitrogens with zero attached hydrogens (tertiary/aromatic N) is 3. The molecule has 6 nitrogen and oxygen atoms in total. The standard InChI is InChI=1S/C12H14N4O2/c13-11(4-5-12(17)18)9-2-1-3-10(8-9)16-14-6-7-15-16/h1-3,6-8,11H,4-5,13H2,(H,17,18). The summed E-state index contributed by atoms with van der Waals surface area (Å²) in [6.45, 7) is 0. The van der Waals surface area contributed by atoms with Crippen LogP contribution < -0.4 is 5.73 Å². The molecular formula is C12H14N4O2. The number of hydrogen-bond acceptors (Lipinski definition) is 4. The van der Waals surface area contributed by atoms with Gasteiger partial charge in [-0.2, -0.15) is 15.0 Å².